The molecule has 0 saturated heterocycles. The van der Waals surface area contributed by atoms with Crippen molar-refractivity contribution < 1.29 is 17.9 Å². The second kappa shape index (κ2) is 7.08. The number of carbonyl (C=O) groups is 1. The number of sulfonamides is 1. The smallest absolute Gasteiger partial charge is 0.258 e. The van der Waals surface area contributed by atoms with E-state index in [2.05, 4.69) is 4.72 Å². The lowest BCUT2D eigenvalue weighted by Crippen LogP contribution is -2.23. The Balaban J connectivity index is 1.48. The molecule has 0 radical (unpaired) electrons. The predicted octanol–water partition coefficient (Wildman–Crippen LogP) is 4.07. The molecule has 0 aliphatic carbocycles. The van der Waals surface area contributed by atoms with E-state index in [1.165, 1.54) is 0 Å². The minimum absolute atomic E-state index is 0.129. The number of amides is 1. The van der Waals surface area contributed by atoms with Crippen molar-refractivity contribution in [1.29, 1.82) is 0 Å². The van der Waals surface area contributed by atoms with Crippen molar-refractivity contribution in [2.45, 2.75) is 11.4 Å². The Morgan fingerprint density at radius 2 is 1.74 bits per heavy atom. The maximum atomic E-state index is 13.1. The number of carbonyl (C=O) groups excluding carboxylic acids is 1. The second-order valence-corrected chi connectivity index (χ2v) is 9.28. The molecule has 0 unspecified atom stereocenters. The molecule has 0 atom stereocenters. The zero-order chi connectivity index (χ0) is 21.8. The number of benzene rings is 4. The lowest BCUT2D eigenvalue weighted by Gasteiger charge is -2.13. The van der Waals surface area contributed by atoms with Gasteiger partial charge in [0.05, 0.1) is 17.7 Å². The van der Waals surface area contributed by atoms with Crippen LogP contribution in [0.1, 0.15) is 15.9 Å². The van der Waals surface area contributed by atoms with E-state index in [4.69, 9.17) is 4.74 Å². The van der Waals surface area contributed by atoms with Crippen LogP contribution in [0.3, 0.4) is 0 Å². The molecule has 1 aliphatic rings. The van der Waals surface area contributed by atoms with Crippen LogP contribution >= 0.6 is 0 Å². The van der Waals surface area contributed by atoms with Crippen LogP contribution in [0.15, 0.2) is 71.6 Å². The molecule has 5 rings (SSSR count). The van der Waals surface area contributed by atoms with Gasteiger partial charge in [-0.1, -0.05) is 30.3 Å². The number of nitrogens with zero attached hydrogens (tertiary/aromatic N) is 1. The van der Waals surface area contributed by atoms with Gasteiger partial charge in [-0.2, -0.15) is 0 Å². The quantitative estimate of drug-likeness (QED) is 0.516. The summed E-state index contributed by atoms with van der Waals surface area (Å²) >= 11 is 0. The van der Waals surface area contributed by atoms with Crippen LogP contribution in [0, 0.1) is 0 Å². The number of nitrogens with one attached hydrogen (secondary N) is 1. The van der Waals surface area contributed by atoms with Crippen LogP contribution in [0.5, 0.6) is 5.75 Å². The fraction of sp³-hybridized carbons (Fsp3) is 0.125. The highest BCUT2D eigenvalue weighted by Crippen LogP contribution is 2.39. The Morgan fingerprint density at radius 3 is 2.55 bits per heavy atom. The van der Waals surface area contributed by atoms with E-state index >= 15 is 0 Å². The molecule has 1 amide bonds. The molecule has 4 aromatic carbocycles. The van der Waals surface area contributed by atoms with E-state index in [9.17, 15) is 13.2 Å². The Labute approximate surface area is 180 Å². The SMILES string of the molecule is COc1ccc2cc(CNS(=O)(=O)c3ccc4c5c(cccc35)C(=O)N4C)ccc2c1. The number of fused-ring (bicyclic) bond motifs is 1. The van der Waals surface area contributed by atoms with E-state index < -0.39 is 10.0 Å². The van der Waals surface area contributed by atoms with Crippen molar-refractivity contribution in [1.82, 2.24) is 4.72 Å². The number of hydrogen-bond acceptors (Lipinski definition) is 4. The summed E-state index contributed by atoms with van der Waals surface area (Å²) < 4.78 is 34.2. The van der Waals surface area contributed by atoms with Crippen LogP contribution < -0.4 is 14.4 Å². The average molecular weight is 433 g/mol. The summed E-state index contributed by atoms with van der Waals surface area (Å²) in [5.41, 5.74) is 2.10. The molecule has 0 bridgehead atoms. The van der Waals surface area contributed by atoms with E-state index in [1.807, 2.05) is 36.4 Å². The van der Waals surface area contributed by atoms with E-state index in [0.717, 1.165) is 27.8 Å². The van der Waals surface area contributed by atoms with Crippen LogP contribution in [0.2, 0.25) is 0 Å². The van der Waals surface area contributed by atoms with Crippen molar-refractivity contribution in [2.75, 3.05) is 19.1 Å². The van der Waals surface area contributed by atoms with Gasteiger partial charge in [-0.15, -0.1) is 0 Å². The monoisotopic (exact) mass is 432 g/mol. The lowest BCUT2D eigenvalue weighted by molar-refractivity contribution is 0.0999. The Kier molecular flexibility index (Phi) is 4.46. The number of hydrogen-bond donors (Lipinski definition) is 1. The predicted molar refractivity (Wildman–Crippen MR) is 121 cm³/mol. The maximum absolute atomic E-state index is 13.1. The topological polar surface area (TPSA) is 75.7 Å². The first-order chi connectivity index (χ1) is 14.9. The first-order valence-corrected chi connectivity index (χ1v) is 11.3. The molecule has 1 N–H and O–H groups in total. The standard InChI is InChI=1S/C24H20N2O4S/c1-26-21-10-11-22(19-4-3-5-20(23(19)21)24(26)27)31(28,29)25-14-15-6-7-17-13-18(30-2)9-8-16(17)12-15/h3-13,25H,14H2,1-2H3. The van der Waals surface area contributed by atoms with E-state index in [1.54, 1.807) is 49.4 Å². The highest BCUT2D eigenvalue weighted by Gasteiger charge is 2.29. The zero-order valence-electron chi connectivity index (χ0n) is 17.0. The van der Waals surface area contributed by atoms with E-state index in [0.29, 0.717) is 16.3 Å². The van der Waals surface area contributed by atoms with Gasteiger partial charge in [0.25, 0.3) is 5.91 Å². The van der Waals surface area contributed by atoms with Gasteiger partial charge in [-0.3, -0.25) is 4.79 Å². The number of anilines is 1. The number of rotatable bonds is 5. The molecular formula is C24H20N2O4S. The summed E-state index contributed by atoms with van der Waals surface area (Å²) in [6.45, 7) is 0.159. The fourth-order valence-corrected chi connectivity index (χ4v) is 5.33. The molecule has 7 heteroatoms. The van der Waals surface area contributed by atoms with Gasteiger partial charge in [-0.25, -0.2) is 13.1 Å². The molecule has 156 valence electrons. The highest BCUT2D eigenvalue weighted by molar-refractivity contribution is 7.89. The van der Waals surface area contributed by atoms with Crippen molar-refractivity contribution in [3.63, 3.8) is 0 Å². The summed E-state index contributed by atoms with van der Waals surface area (Å²) in [4.78, 5) is 14.2. The van der Waals surface area contributed by atoms with Crippen molar-refractivity contribution >= 4 is 43.2 Å². The van der Waals surface area contributed by atoms with Crippen LogP contribution in [0.4, 0.5) is 5.69 Å². The summed E-state index contributed by atoms with van der Waals surface area (Å²) in [5.74, 6) is 0.646. The van der Waals surface area contributed by atoms with E-state index in [-0.39, 0.29) is 17.3 Å². The molecule has 0 fully saturated rings. The minimum atomic E-state index is -3.79. The zero-order valence-corrected chi connectivity index (χ0v) is 17.9. The lowest BCUT2D eigenvalue weighted by atomic mass is 10.1. The third-order valence-electron chi connectivity index (χ3n) is 5.74. The number of ether oxygens (including phenoxy) is 1. The van der Waals surface area contributed by atoms with Gasteiger partial charge in [0.2, 0.25) is 10.0 Å². The summed E-state index contributed by atoms with van der Waals surface area (Å²) in [6, 6.07) is 20.0. The molecule has 0 saturated carbocycles. The number of methoxy groups -OCH3 is 1. The summed E-state index contributed by atoms with van der Waals surface area (Å²) in [7, 11) is -0.473. The molecule has 4 aromatic rings. The highest BCUT2D eigenvalue weighted by atomic mass is 32.2. The molecule has 31 heavy (non-hydrogen) atoms. The van der Waals surface area contributed by atoms with Crippen molar-refractivity contribution in [3.8, 4) is 5.75 Å². The Morgan fingerprint density at radius 1 is 0.968 bits per heavy atom. The van der Waals surface area contributed by atoms with Gasteiger partial charge < -0.3 is 9.64 Å². The molecule has 0 aromatic heterocycles. The van der Waals surface area contributed by atoms with Crippen LogP contribution in [0.25, 0.3) is 21.5 Å². The molecule has 1 aliphatic heterocycles. The second-order valence-electron chi connectivity index (χ2n) is 7.55. The normalized spacial score (nSPS) is 13.4. The van der Waals surface area contributed by atoms with Crippen molar-refractivity contribution in [2.24, 2.45) is 0 Å². The summed E-state index contributed by atoms with van der Waals surface area (Å²) in [5, 5.41) is 3.25. The third-order valence-corrected chi connectivity index (χ3v) is 7.20. The molecule has 0 spiro atoms. The van der Waals surface area contributed by atoms with Gasteiger partial charge in [0, 0.05) is 29.9 Å². The van der Waals surface area contributed by atoms with Crippen LogP contribution in [-0.2, 0) is 16.6 Å². The van der Waals surface area contributed by atoms with Gasteiger partial charge >= 0.3 is 0 Å². The Hall–Kier alpha value is -3.42. The first-order valence-electron chi connectivity index (χ1n) is 9.79. The first kappa shape index (κ1) is 19.5. The average Bonchev–Trinajstić information content (AvgIpc) is 3.04. The van der Waals surface area contributed by atoms with Gasteiger partial charge in [0.1, 0.15) is 5.75 Å². The maximum Gasteiger partial charge on any atom is 0.258 e. The van der Waals surface area contributed by atoms with Crippen LogP contribution in [-0.4, -0.2) is 28.5 Å². The molecule has 1 heterocycles. The van der Waals surface area contributed by atoms with Gasteiger partial charge in [-0.05, 0) is 52.7 Å². The van der Waals surface area contributed by atoms with Crippen molar-refractivity contribution in [3.05, 3.63) is 77.9 Å². The largest absolute Gasteiger partial charge is 0.497 e. The molecular weight excluding hydrogens is 412 g/mol. The molecule has 6 nitrogen and oxygen atoms in total. The summed E-state index contributed by atoms with van der Waals surface area (Å²) in [6.07, 6.45) is 0. The third kappa shape index (κ3) is 3.13. The Bertz CT molecular complexity index is 1480. The van der Waals surface area contributed by atoms with Gasteiger partial charge in [0.15, 0.2) is 0 Å². The minimum Gasteiger partial charge on any atom is -0.497 e. The fourth-order valence-electron chi connectivity index (χ4n) is 4.11.